The first kappa shape index (κ1) is 15.3. The van der Waals surface area contributed by atoms with Crippen LogP contribution < -0.4 is 9.47 Å². The summed E-state index contributed by atoms with van der Waals surface area (Å²) in [7, 11) is 3.54. The standard InChI is InChI=1S/C16H23O3P/c1-11-9-13(18-2)15(14(10-11)19-3)16(17)20-12-7-5-4-6-8-12/h9-10,12,20H,4-8H2,1-3H3. The monoisotopic (exact) mass is 294 g/mol. The van der Waals surface area contributed by atoms with Gasteiger partial charge in [0.25, 0.3) is 0 Å². The van der Waals surface area contributed by atoms with Crippen LogP contribution in [-0.4, -0.2) is 25.4 Å². The van der Waals surface area contributed by atoms with Gasteiger partial charge in [0.15, 0.2) is 5.52 Å². The number of carbonyl (C=O) groups is 1. The Morgan fingerprint density at radius 3 is 2.15 bits per heavy atom. The molecule has 2 rings (SSSR count). The first-order chi connectivity index (χ1) is 9.65. The summed E-state index contributed by atoms with van der Waals surface area (Å²) in [5.74, 6) is 1.27. The lowest BCUT2D eigenvalue weighted by molar-refractivity contribution is 0.107. The van der Waals surface area contributed by atoms with E-state index in [-0.39, 0.29) is 5.52 Å². The number of rotatable bonds is 5. The predicted octanol–water partition coefficient (Wildman–Crippen LogP) is 4.16. The Balaban J connectivity index is 2.23. The molecule has 0 heterocycles. The molecule has 0 aromatic heterocycles. The fourth-order valence-corrected chi connectivity index (χ4v) is 4.23. The lowest BCUT2D eigenvalue weighted by atomic mass is 10.0. The van der Waals surface area contributed by atoms with Gasteiger partial charge in [-0.2, -0.15) is 0 Å². The fraction of sp³-hybridized carbons (Fsp3) is 0.562. The predicted molar refractivity (Wildman–Crippen MR) is 83.8 cm³/mol. The maximum Gasteiger partial charge on any atom is 0.188 e. The average molecular weight is 294 g/mol. The number of aryl methyl sites for hydroxylation is 1. The summed E-state index contributed by atoms with van der Waals surface area (Å²) in [5.41, 5.74) is 2.37. The molecule has 3 nitrogen and oxygen atoms in total. The third-order valence-electron chi connectivity index (χ3n) is 3.82. The Kier molecular flexibility index (Phi) is 5.42. The van der Waals surface area contributed by atoms with Crippen LogP contribution in [-0.2, 0) is 0 Å². The largest absolute Gasteiger partial charge is 0.496 e. The number of hydrogen-bond donors (Lipinski definition) is 0. The maximum atomic E-state index is 12.6. The first-order valence-electron chi connectivity index (χ1n) is 7.19. The summed E-state index contributed by atoms with van der Waals surface area (Å²) >= 11 is 0. The molecule has 20 heavy (non-hydrogen) atoms. The fourth-order valence-electron chi connectivity index (χ4n) is 2.77. The van der Waals surface area contributed by atoms with E-state index < -0.39 is 0 Å². The van der Waals surface area contributed by atoms with Gasteiger partial charge in [0.2, 0.25) is 0 Å². The first-order valence-corrected chi connectivity index (χ1v) is 8.27. The van der Waals surface area contributed by atoms with Crippen molar-refractivity contribution in [2.24, 2.45) is 0 Å². The van der Waals surface area contributed by atoms with Crippen molar-refractivity contribution in [2.75, 3.05) is 14.2 Å². The Morgan fingerprint density at radius 1 is 1.10 bits per heavy atom. The molecule has 1 aromatic rings. The van der Waals surface area contributed by atoms with E-state index >= 15 is 0 Å². The number of benzene rings is 1. The van der Waals surface area contributed by atoms with Crippen molar-refractivity contribution < 1.29 is 14.3 Å². The van der Waals surface area contributed by atoms with E-state index in [2.05, 4.69) is 0 Å². The van der Waals surface area contributed by atoms with Gasteiger partial charge >= 0.3 is 0 Å². The zero-order valence-corrected chi connectivity index (χ0v) is 13.5. The van der Waals surface area contributed by atoms with Crippen LogP contribution in [0.15, 0.2) is 12.1 Å². The molecule has 1 saturated carbocycles. The van der Waals surface area contributed by atoms with Crippen LogP contribution in [0, 0.1) is 6.92 Å². The molecule has 0 aliphatic heterocycles. The van der Waals surface area contributed by atoms with Crippen LogP contribution in [0.25, 0.3) is 0 Å². The van der Waals surface area contributed by atoms with Crippen molar-refractivity contribution in [1.82, 2.24) is 0 Å². The highest BCUT2D eigenvalue weighted by Gasteiger charge is 2.23. The molecule has 1 aromatic carbocycles. The average Bonchev–Trinajstić information content (AvgIpc) is 2.46. The Hall–Kier alpha value is -1.08. The van der Waals surface area contributed by atoms with Gasteiger partial charge in [0.05, 0.1) is 14.2 Å². The number of carbonyl (C=O) groups excluding carboxylic acids is 1. The van der Waals surface area contributed by atoms with E-state index in [1.165, 1.54) is 32.1 Å². The topological polar surface area (TPSA) is 35.5 Å². The van der Waals surface area contributed by atoms with Crippen molar-refractivity contribution in [3.05, 3.63) is 23.3 Å². The summed E-state index contributed by atoms with van der Waals surface area (Å²) in [6.45, 7) is 1.97. The molecule has 110 valence electrons. The summed E-state index contributed by atoms with van der Waals surface area (Å²) < 4.78 is 10.8. The van der Waals surface area contributed by atoms with Crippen molar-refractivity contribution in [3.8, 4) is 11.5 Å². The minimum Gasteiger partial charge on any atom is -0.496 e. The van der Waals surface area contributed by atoms with E-state index in [0.29, 0.717) is 31.3 Å². The van der Waals surface area contributed by atoms with Gasteiger partial charge in [0.1, 0.15) is 17.1 Å². The highest BCUT2D eigenvalue weighted by molar-refractivity contribution is 7.59. The molecular weight excluding hydrogens is 271 g/mol. The Morgan fingerprint density at radius 2 is 1.65 bits per heavy atom. The lowest BCUT2D eigenvalue weighted by Crippen LogP contribution is -2.10. The molecule has 1 aliphatic carbocycles. The molecule has 0 bridgehead atoms. The van der Waals surface area contributed by atoms with Crippen LogP contribution in [0.1, 0.15) is 48.0 Å². The maximum absolute atomic E-state index is 12.6. The second-order valence-corrected chi connectivity index (χ2v) is 6.91. The van der Waals surface area contributed by atoms with E-state index in [1.807, 2.05) is 19.1 Å². The molecule has 0 radical (unpaired) electrons. The molecule has 1 fully saturated rings. The van der Waals surface area contributed by atoms with E-state index in [1.54, 1.807) is 14.2 Å². The van der Waals surface area contributed by atoms with E-state index in [9.17, 15) is 4.79 Å². The number of ether oxygens (including phenoxy) is 2. The molecule has 0 amide bonds. The Bertz CT molecular complexity index is 454. The second-order valence-electron chi connectivity index (χ2n) is 5.35. The summed E-state index contributed by atoms with van der Waals surface area (Å²) in [4.78, 5) is 12.6. The third-order valence-corrected chi connectivity index (χ3v) is 5.32. The normalized spacial score (nSPS) is 16.6. The van der Waals surface area contributed by atoms with Gasteiger partial charge in [-0.25, -0.2) is 0 Å². The molecule has 0 saturated heterocycles. The minimum atomic E-state index is 0.172. The van der Waals surface area contributed by atoms with Crippen molar-refractivity contribution in [3.63, 3.8) is 0 Å². The zero-order chi connectivity index (χ0) is 14.5. The molecular formula is C16H23O3P. The van der Waals surface area contributed by atoms with Crippen LogP contribution in [0.3, 0.4) is 0 Å². The van der Waals surface area contributed by atoms with Crippen LogP contribution >= 0.6 is 8.58 Å². The zero-order valence-electron chi connectivity index (χ0n) is 12.5. The van der Waals surface area contributed by atoms with Crippen molar-refractivity contribution >= 4 is 14.1 Å². The van der Waals surface area contributed by atoms with Crippen LogP contribution in [0.4, 0.5) is 0 Å². The number of methoxy groups -OCH3 is 2. The number of hydrogen-bond acceptors (Lipinski definition) is 3. The van der Waals surface area contributed by atoms with Crippen molar-refractivity contribution in [2.45, 2.75) is 44.7 Å². The smallest absolute Gasteiger partial charge is 0.188 e. The van der Waals surface area contributed by atoms with Gasteiger partial charge in [-0.3, -0.25) is 4.79 Å². The van der Waals surface area contributed by atoms with Gasteiger partial charge < -0.3 is 9.47 Å². The van der Waals surface area contributed by atoms with Crippen LogP contribution in [0.5, 0.6) is 11.5 Å². The summed E-state index contributed by atoms with van der Waals surface area (Å²) in [6.07, 6.45) is 6.19. The van der Waals surface area contributed by atoms with Gasteiger partial charge in [-0.15, -0.1) is 0 Å². The highest BCUT2D eigenvalue weighted by atomic mass is 31.1. The van der Waals surface area contributed by atoms with Crippen molar-refractivity contribution in [1.29, 1.82) is 0 Å². The van der Waals surface area contributed by atoms with E-state index in [4.69, 9.17) is 9.47 Å². The minimum absolute atomic E-state index is 0.172. The molecule has 1 atom stereocenters. The molecule has 4 heteroatoms. The highest BCUT2D eigenvalue weighted by Crippen LogP contribution is 2.40. The quantitative estimate of drug-likeness (QED) is 0.765. The van der Waals surface area contributed by atoms with Gasteiger partial charge in [-0.1, -0.05) is 19.3 Å². The second kappa shape index (κ2) is 7.08. The molecule has 1 aliphatic rings. The summed E-state index contributed by atoms with van der Waals surface area (Å²) in [6, 6.07) is 3.81. The molecule has 0 N–H and O–H groups in total. The third kappa shape index (κ3) is 3.52. The van der Waals surface area contributed by atoms with Crippen LogP contribution in [0.2, 0.25) is 0 Å². The molecule has 0 spiro atoms. The lowest BCUT2D eigenvalue weighted by Gasteiger charge is -2.21. The SMILES string of the molecule is COc1cc(C)cc(OC)c1C(=O)PC1CCCCC1. The Labute approximate surface area is 122 Å². The van der Waals surface area contributed by atoms with Gasteiger partial charge in [0, 0.05) is 0 Å². The molecule has 1 unspecified atom stereocenters. The summed E-state index contributed by atoms with van der Waals surface area (Å²) in [5, 5.41) is 0. The van der Waals surface area contributed by atoms with Gasteiger partial charge in [-0.05, 0) is 51.7 Å². The van der Waals surface area contributed by atoms with E-state index in [0.717, 1.165) is 5.56 Å².